The molecule has 106 valence electrons. The van der Waals surface area contributed by atoms with Gasteiger partial charge in [0.25, 0.3) is 0 Å². The monoisotopic (exact) mass is 280 g/mol. The lowest BCUT2D eigenvalue weighted by Gasteiger charge is -2.10. The van der Waals surface area contributed by atoms with Crippen LogP contribution in [-0.2, 0) is 0 Å². The van der Waals surface area contributed by atoms with E-state index in [0.717, 1.165) is 22.3 Å². The highest BCUT2D eigenvalue weighted by atomic mass is 16.4. The van der Waals surface area contributed by atoms with Gasteiger partial charge in [0.05, 0.1) is 22.3 Å². The van der Waals surface area contributed by atoms with Crippen LogP contribution < -0.4 is 0 Å². The second-order valence-electron chi connectivity index (χ2n) is 5.35. The number of hydrogen-bond acceptors (Lipinski definition) is 2. The van der Waals surface area contributed by atoms with Crippen LogP contribution in [0.15, 0.2) is 36.7 Å². The molecule has 2 aromatic carbocycles. The highest BCUT2D eigenvalue weighted by molar-refractivity contribution is 5.89. The number of aryl methyl sites for hydroxylation is 3. The SMILES string of the molecule is Cc1cc2ncn(-c3cc(C(=O)O)ccc3C)c2cc1C. The average molecular weight is 280 g/mol. The van der Waals surface area contributed by atoms with Crippen LogP contribution >= 0.6 is 0 Å². The predicted octanol–water partition coefficient (Wildman–Crippen LogP) is 3.65. The summed E-state index contributed by atoms with van der Waals surface area (Å²) in [6.07, 6.45) is 1.75. The lowest BCUT2D eigenvalue weighted by Crippen LogP contribution is -2.01. The van der Waals surface area contributed by atoms with Crippen molar-refractivity contribution >= 4 is 17.0 Å². The molecule has 3 aromatic rings. The van der Waals surface area contributed by atoms with Gasteiger partial charge in [-0.2, -0.15) is 0 Å². The summed E-state index contributed by atoms with van der Waals surface area (Å²) in [4.78, 5) is 15.6. The Labute approximate surface area is 122 Å². The largest absolute Gasteiger partial charge is 0.478 e. The van der Waals surface area contributed by atoms with E-state index in [1.807, 2.05) is 17.6 Å². The Kier molecular flexibility index (Phi) is 3.01. The second-order valence-corrected chi connectivity index (χ2v) is 5.35. The maximum atomic E-state index is 11.2. The molecule has 0 aliphatic carbocycles. The molecule has 0 spiro atoms. The normalized spacial score (nSPS) is 11.0. The zero-order valence-corrected chi connectivity index (χ0v) is 12.2. The van der Waals surface area contributed by atoms with Crippen molar-refractivity contribution in [3.63, 3.8) is 0 Å². The summed E-state index contributed by atoms with van der Waals surface area (Å²) >= 11 is 0. The molecule has 1 aromatic heterocycles. The molecule has 0 fully saturated rings. The number of benzene rings is 2. The fourth-order valence-electron chi connectivity index (χ4n) is 2.46. The van der Waals surface area contributed by atoms with Crippen molar-refractivity contribution in [2.24, 2.45) is 0 Å². The van der Waals surface area contributed by atoms with Crippen molar-refractivity contribution in [1.29, 1.82) is 0 Å². The van der Waals surface area contributed by atoms with Gasteiger partial charge < -0.3 is 5.11 Å². The van der Waals surface area contributed by atoms with Crippen LogP contribution in [0.1, 0.15) is 27.0 Å². The second kappa shape index (κ2) is 4.74. The molecule has 0 atom stereocenters. The molecular formula is C17H16N2O2. The van der Waals surface area contributed by atoms with Crippen molar-refractivity contribution in [1.82, 2.24) is 9.55 Å². The first-order valence-electron chi connectivity index (χ1n) is 6.76. The Hall–Kier alpha value is -2.62. The lowest BCUT2D eigenvalue weighted by atomic mass is 10.1. The van der Waals surface area contributed by atoms with Crippen molar-refractivity contribution in [2.75, 3.05) is 0 Å². The number of carboxylic acid groups (broad SMARTS) is 1. The zero-order valence-electron chi connectivity index (χ0n) is 12.2. The number of carboxylic acids is 1. The maximum absolute atomic E-state index is 11.2. The lowest BCUT2D eigenvalue weighted by molar-refractivity contribution is 0.0697. The van der Waals surface area contributed by atoms with Crippen molar-refractivity contribution in [3.8, 4) is 5.69 Å². The van der Waals surface area contributed by atoms with Gasteiger partial charge in [-0.05, 0) is 61.7 Å². The summed E-state index contributed by atoms with van der Waals surface area (Å²) in [6, 6.07) is 9.28. The number of nitrogens with zero attached hydrogens (tertiary/aromatic N) is 2. The van der Waals surface area contributed by atoms with Gasteiger partial charge in [0, 0.05) is 0 Å². The fourth-order valence-corrected chi connectivity index (χ4v) is 2.46. The van der Waals surface area contributed by atoms with E-state index in [0.29, 0.717) is 0 Å². The Morgan fingerprint density at radius 1 is 1.05 bits per heavy atom. The van der Waals surface area contributed by atoms with Crippen LogP contribution in [-0.4, -0.2) is 20.6 Å². The molecule has 0 bridgehead atoms. The molecule has 0 saturated carbocycles. The Balaban J connectivity index is 2.28. The van der Waals surface area contributed by atoms with Gasteiger partial charge in [-0.1, -0.05) is 6.07 Å². The van der Waals surface area contributed by atoms with Crippen LogP contribution in [0.4, 0.5) is 0 Å². The molecule has 1 N–H and O–H groups in total. The summed E-state index contributed by atoms with van der Waals surface area (Å²) in [5.74, 6) is -0.923. The van der Waals surface area contributed by atoms with Crippen LogP contribution in [0.5, 0.6) is 0 Å². The van der Waals surface area contributed by atoms with Gasteiger partial charge in [-0.3, -0.25) is 4.57 Å². The molecule has 0 aliphatic rings. The van der Waals surface area contributed by atoms with Crippen molar-refractivity contribution < 1.29 is 9.90 Å². The van der Waals surface area contributed by atoms with E-state index >= 15 is 0 Å². The standard InChI is InChI=1S/C17H16N2O2/c1-10-4-5-13(17(20)21)8-15(10)19-9-18-14-6-11(2)12(3)7-16(14)19/h4-9H,1-3H3,(H,20,21). The van der Waals surface area contributed by atoms with Crippen LogP contribution in [0.25, 0.3) is 16.7 Å². The molecule has 1 heterocycles. The molecule has 0 aliphatic heterocycles. The number of imidazole rings is 1. The Morgan fingerprint density at radius 3 is 2.48 bits per heavy atom. The van der Waals surface area contributed by atoms with E-state index in [2.05, 4.69) is 31.0 Å². The van der Waals surface area contributed by atoms with Gasteiger partial charge in [-0.15, -0.1) is 0 Å². The number of fused-ring (bicyclic) bond motifs is 1. The number of carbonyl (C=O) groups is 1. The predicted molar refractivity (Wildman–Crippen MR) is 82.2 cm³/mol. The maximum Gasteiger partial charge on any atom is 0.335 e. The Bertz CT molecular complexity index is 863. The summed E-state index contributed by atoms with van der Waals surface area (Å²) in [7, 11) is 0. The number of aromatic carboxylic acids is 1. The molecule has 0 saturated heterocycles. The summed E-state index contributed by atoms with van der Waals surface area (Å²) in [6.45, 7) is 6.09. The molecule has 4 heteroatoms. The molecular weight excluding hydrogens is 264 g/mol. The number of rotatable bonds is 2. The number of hydrogen-bond donors (Lipinski definition) is 1. The molecule has 21 heavy (non-hydrogen) atoms. The highest BCUT2D eigenvalue weighted by Gasteiger charge is 2.11. The molecule has 0 amide bonds. The van der Waals surface area contributed by atoms with Gasteiger partial charge in [0.2, 0.25) is 0 Å². The zero-order chi connectivity index (χ0) is 15.1. The minimum atomic E-state index is -0.923. The van der Waals surface area contributed by atoms with E-state index in [1.165, 1.54) is 11.1 Å². The first-order valence-corrected chi connectivity index (χ1v) is 6.76. The van der Waals surface area contributed by atoms with Crippen molar-refractivity contribution in [2.45, 2.75) is 20.8 Å². The Morgan fingerprint density at radius 2 is 1.76 bits per heavy atom. The third-order valence-corrected chi connectivity index (χ3v) is 3.88. The van der Waals surface area contributed by atoms with E-state index in [1.54, 1.807) is 18.5 Å². The third-order valence-electron chi connectivity index (χ3n) is 3.88. The minimum Gasteiger partial charge on any atom is -0.478 e. The third kappa shape index (κ3) is 2.18. The summed E-state index contributed by atoms with van der Waals surface area (Å²) in [5, 5.41) is 9.17. The first kappa shape index (κ1) is 13.4. The quantitative estimate of drug-likeness (QED) is 0.779. The van der Waals surface area contributed by atoms with E-state index in [9.17, 15) is 4.79 Å². The van der Waals surface area contributed by atoms with Gasteiger partial charge in [-0.25, -0.2) is 9.78 Å². The molecule has 3 rings (SSSR count). The van der Waals surface area contributed by atoms with Crippen LogP contribution in [0, 0.1) is 20.8 Å². The van der Waals surface area contributed by atoms with Gasteiger partial charge in [0.1, 0.15) is 6.33 Å². The van der Waals surface area contributed by atoms with Gasteiger partial charge >= 0.3 is 5.97 Å². The molecule has 0 unspecified atom stereocenters. The van der Waals surface area contributed by atoms with E-state index < -0.39 is 5.97 Å². The minimum absolute atomic E-state index is 0.279. The van der Waals surface area contributed by atoms with Gasteiger partial charge in [0.15, 0.2) is 0 Å². The summed E-state index contributed by atoms with van der Waals surface area (Å²) < 4.78 is 1.95. The highest BCUT2D eigenvalue weighted by Crippen LogP contribution is 2.24. The topological polar surface area (TPSA) is 55.1 Å². The number of aromatic nitrogens is 2. The first-order chi connectivity index (χ1) is 9.97. The van der Waals surface area contributed by atoms with E-state index in [4.69, 9.17) is 5.11 Å². The average Bonchev–Trinajstić information content (AvgIpc) is 2.82. The van der Waals surface area contributed by atoms with E-state index in [-0.39, 0.29) is 5.56 Å². The van der Waals surface area contributed by atoms with Crippen molar-refractivity contribution in [3.05, 3.63) is 58.9 Å². The van der Waals surface area contributed by atoms with Crippen LogP contribution in [0.3, 0.4) is 0 Å². The molecule has 0 radical (unpaired) electrons. The molecule has 4 nitrogen and oxygen atoms in total. The fraction of sp³-hybridized carbons (Fsp3) is 0.176. The van der Waals surface area contributed by atoms with Crippen LogP contribution in [0.2, 0.25) is 0 Å². The summed E-state index contributed by atoms with van der Waals surface area (Å²) in [5.41, 5.74) is 6.43. The smallest absolute Gasteiger partial charge is 0.335 e.